The summed E-state index contributed by atoms with van der Waals surface area (Å²) in [6.45, 7) is 0. The van der Waals surface area contributed by atoms with E-state index in [-0.39, 0.29) is 12.4 Å². The Morgan fingerprint density at radius 2 is 0.529 bits per heavy atom. The van der Waals surface area contributed by atoms with Gasteiger partial charge in [0, 0.05) is 0 Å². The molecular weight excluding hydrogens is 975 g/mol. The zero-order valence-electron chi connectivity index (χ0n) is 37.0. The molecule has 0 amide bonds. The van der Waals surface area contributed by atoms with Gasteiger partial charge in [-0.05, 0) is 0 Å². The van der Waals surface area contributed by atoms with Crippen LogP contribution in [0, 0.1) is 0 Å². The van der Waals surface area contributed by atoms with Gasteiger partial charge in [-0.3, -0.25) is 0 Å². The van der Waals surface area contributed by atoms with Gasteiger partial charge in [-0.15, -0.1) is 0 Å². The standard InChI is InChI=1S/C56H38N8S4.Al.ClH/c1-5-13-33(14-6-1)65-37-21-25-41-45(29-37)53-57-49(41)62-54-47-31-39(67-35-17-9-3-10-18-35)23-27-43(47)51(59-54)64-56-48-32-40(68-36-19-11-4-12-20-36)24-28-44(48)52(60-56)63-55-46-30-38(66-34-15-7-2-8-16-34)22-26-42(46)50(58-55)61-53;;/h1-32,57,60-64H;;1H/q-2;+3;/p-1. The minimum atomic E-state index is -0.675. The molecule has 0 unspecified atom stereocenters. The van der Waals surface area contributed by atoms with Crippen molar-refractivity contribution in [2.75, 3.05) is 0 Å². The van der Waals surface area contributed by atoms with Crippen molar-refractivity contribution in [3.8, 4) is 0 Å². The zero-order valence-corrected chi connectivity index (χ0v) is 42.1. The van der Waals surface area contributed by atoms with Crippen molar-refractivity contribution in [3.63, 3.8) is 0 Å². The van der Waals surface area contributed by atoms with Gasteiger partial charge in [-0.2, -0.15) is 0 Å². The van der Waals surface area contributed by atoms with Crippen LogP contribution >= 0.6 is 47.0 Å². The number of aromatic nitrogens is 8. The van der Waals surface area contributed by atoms with Crippen LogP contribution in [-0.2, 0) is 0 Å². The summed E-state index contributed by atoms with van der Waals surface area (Å²) in [5, 5.41) is 8.93. The molecule has 0 saturated carbocycles. The third-order valence-corrected chi connectivity index (χ3v) is 18.1. The second kappa shape index (κ2) is 17.9. The topological polar surface area (TPSA) is 104 Å². The molecule has 6 N–H and O–H groups in total. The van der Waals surface area contributed by atoms with E-state index in [1.54, 1.807) is 47.0 Å². The Balaban J connectivity index is 0.00000480. The average molecular weight is 1010 g/mol. The maximum atomic E-state index is 4.05. The third-order valence-electron chi connectivity index (χ3n) is 12.6. The van der Waals surface area contributed by atoms with E-state index in [4.69, 9.17) is 0 Å². The number of H-pyrrole nitrogens is 6. The van der Waals surface area contributed by atoms with E-state index in [9.17, 15) is 0 Å². The summed E-state index contributed by atoms with van der Waals surface area (Å²) in [7, 11) is 0. The molecule has 0 aliphatic rings. The van der Waals surface area contributed by atoms with Crippen molar-refractivity contribution in [3.05, 3.63) is 194 Å². The first kappa shape index (κ1) is 43.4. The van der Waals surface area contributed by atoms with Crippen LogP contribution in [0.15, 0.2) is 233 Å². The summed E-state index contributed by atoms with van der Waals surface area (Å²) in [5.74, 6) is 0. The number of fused-ring (bicyclic) bond motifs is 16. The Labute approximate surface area is 429 Å². The summed E-state index contributed by atoms with van der Waals surface area (Å²) >= 11 is 6.44. The number of halogens is 1. The first-order chi connectivity index (χ1) is 34.1. The predicted molar refractivity (Wildman–Crippen MR) is 291 cm³/mol. The fourth-order valence-corrected chi connectivity index (χ4v) is 14.5. The summed E-state index contributed by atoms with van der Waals surface area (Å²) in [6, 6.07) is 69.9. The van der Waals surface area contributed by atoms with E-state index in [2.05, 4.69) is 231 Å². The molecule has 6 heterocycles. The van der Waals surface area contributed by atoms with Crippen LogP contribution in [0.5, 0.6) is 0 Å². The Bertz CT molecular complexity index is 4100. The number of hydrogen-bond acceptors (Lipinski definition) is 4. The van der Waals surface area contributed by atoms with Crippen LogP contribution in [0.3, 0.4) is 0 Å². The molecule has 14 aromatic rings. The normalized spacial score (nSPS) is 11.8. The first-order valence-electron chi connectivity index (χ1n) is 22.6. The van der Waals surface area contributed by atoms with Gasteiger partial charge < -0.3 is 12.4 Å². The molecule has 70 heavy (non-hydrogen) atoms. The number of nitrogens with zero attached hydrogens (tertiary/aromatic N) is 2. The van der Waals surface area contributed by atoms with E-state index in [1.807, 2.05) is 0 Å². The van der Waals surface area contributed by atoms with Crippen LogP contribution < -0.4 is 12.4 Å². The monoisotopic (exact) mass is 1010 g/mol. The second-order valence-corrected chi connectivity index (χ2v) is 22.8. The minimum absolute atomic E-state index is 0. The molecule has 0 atom stereocenters. The van der Waals surface area contributed by atoms with Crippen molar-refractivity contribution in [1.82, 2.24) is 36.6 Å². The van der Waals surface area contributed by atoms with Gasteiger partial charge >= 0.3 is 420 Å². The van der Waals surface area contributed by atoms with Gasteiger partial charge in [0.1, 0.15) is 0 Å². The Hall–Kier alpha value is -6.66. The SMILES string of the molecule is [Cl-].c1ccc(Sc2ccc3c4[nH]c([nH]c5c6ccc(Sc7ccccc7)cc6c6[nH]c7[nH]c([nH]c8c9ccc(Sc%10ccccc%10)cc9c([nH]4)[n]8[Al+][n]56)c4cc(Sc5ccccc5)ccc74)c3c2)cc1. The van der Waals surface area contributed by atoms with Crippen LogP contribution in [0.1, 0.15) is 0 Å². The van der Waals surface area contributed by atoms with Gasteiger partial charge in [-0.25, -0.2) is 0 Å². The first-order valence-corrected chi connectivity index (χ1v) is 26.9. The van der Waals surface area contributed by atoms with E-state index >= 15 is 0 Å². The molecule has 0 saturated heterocycles. The van der Waals surface area contributed by atoms with E-state index in [0.29, 0.717) is 0 Å². The molecule has 6 aromatic heterocycles. The summed E-state index contributed by atoms with van der Waals surface area (Å²) in [6.07, 6.45) is 0. The Morgan fingerprint density at radius 1 is 0.257 bits per heavy atom. The summed E-state index contributed by atoms with van der Waals surface area (Å²) < 4.78 is 4.99. The number of rotatable bonds is 8. The van der Waals surface area contributed by atoms with Gasteiger partial charge in [0.15, 0.2) is 0 Å². The van der Waals surface area contributed by atoms with Crippen LogP contribution in [0.4, 0.5) is 0 Å². The molecule has 0 spiro atoms. The fraction of sp³-hybridized carbons (Fsp3) is 0. The average Bonchev–Trinajstić information content (AvgIpc) is 4.07. The van der Waals surface area contributed by atoms with Gasteiger partial charge in [-0.1, -0.05) is 0 Å². The molecular formula is C56H38AlClN8S4. The van der Waals surface area contributed by atoms with Crippen molar-refractivity contribution >= 4 is 151 Å². The van der Waals surface area contributed by atoms with E-state index < -0.39 is 15.2 Å². The maximum absolute atomic E-state index is 4.05. The van der Waals surface area contributed by atoms with Crippen molar-refractivity contribution in [2.24, 2.45) is 0 Å². The molecule has 8 nitrogen and oxygen atoms in total. The zero-order chi connectivity index (χ0) is 45.4. The van der Waals surface area contributed by atoms with E-state index in [1.165, 1.54) is 39.2 Å². The molecule has 6 bridgehead atoms. The number of nitrogens with one attached hydrogen (secondary N) is 6. The third kappa shape index (κ3) is 7.79. The molecule has 8 aromatic carbocycles. The van der Waals surface area contributed by atoms with Gasteiger partial charge in [0.2, 0.25) is 0 Å². The Kier molecular flexibility index (Phi) is 11.1. The fourth-order valence-electron chi connectivity index (χ4n) is 9.49. The van der Waals surface area contributed by atoms with Crippen molar-refractivity contribution < 1.29 is 12.4 Å². The number of benzene rings is 8. The van der Waals surface area contributed by atoms with Gasteiger partial charge in [0.05, 0.1) is 0 Å². The molecule has 14 heteroatoms. The number of aromatic amines is 6. The van der Waals surface area contributed by atoms with Crippen LogP contribution in [-0.4, -0.2) is 51.9 Å². The molecule has 0 aliphatic heterocycles. The van der Waals surface area contributed by atoms with Crippen molar-refractivity contribution in [2.45, 2.75) is 39.2 Å². The molecule has 14 rings (SSSR count). The van der Waals surface area contributed by atoms with E-state index in [0.717, 1.165) is 88.3 Å². The van der Waals surface area contributed by atoms with Crippen LogP contribution in [0.2, 0.25) is 0 Å². The molecule has 0 aliphatic carbocycles. The Morgan fingerprint density at radius 3 is 0.857 bits per heavy atom. The predicted octanol–water partition coefficient (Wildman–Crippen LogP) is 13.1. The van der Waals surface area contributed by atoms with Crippen molar-refractivity contribution in [1.29, 1.82) is 0 Å². The van der Waals surface area contributed by atoms with Crippen LogP contribution in [0.25, 0.3) is 88.3 Å². The van der Waals surface area contributed by atoms with Gasteiger partial charge in [0.25, 0.3) is 0 Å². The second-order valence-electron chi connectivity index (χ2n) is 17.0. The molecule has 336 valence electrons. The molecule has 0 fully saturated rings. The molecule has 0 radical (unpaired) electrons. The quantitative estimate of drug-likeness (QED) is 0.0854. The summed E-state index contributed by atoms with van der Waals surface area (Å²) in [5.41, 5.74) is 7.81. The number of hydrogen-bond donors (Lipinski definition) is 6. The summed E-state index contributed by atoms with van der Waals surface area (Å²) in [4.78, 5) is 33.4.